The average Bonchev–Trinajstić information content (AvgIpc) is 3.23. The van der Waals surface area contributed by atoms with Crippen molar-refractivity contribution in [3.05, 3.63) is 82.9 Å². The number of aliphatic hydroxyl groups excluding tert-OH is 1. The lowest BCUT2D eigenvalue weighted by Crippen LogP contribution is -2.82. The van der Waals surface area contributed by atoms with Crippen molar-refractivity contribution >= 4 is 29.6 Å². The Labute approximate surface area is 366 Å². The van der Waals surface area contributed by atoms with Crippen LogP contribution in [-0.2, 0) is 57.1 Å². The minimum absolute atomic E-state index is 0.0598. The van der Waals surface area contributed by atoms with Crippen LogP contribution >= 0.6 is 0 Å². The lowest BCUT2D eigenvalue weighted by molar-refractivity contribution is -0.352. The third kappa shape index (κ3) is 8.12. The first kappa shape index (κ1) is 46.4. The van der Waals surface area contributed by atoms with Crippen LogP contribution in [0.15, 0.2) is 71.8 Å². The second kappa shape index (κ2) is 17.4. The van der Waals surface area contributed by atoms with Crippen molar-refractivity contribution in [2.24, 2.45) is 22.2 Å². The number of rotatable bonds is 8. The molecule has 2 unspecified atom stereocenters. The number of fused-ring (bicyclic) bond motifs is 6. The van der Waals surface area contributed by atoms with Crippen LogP contribution in [0.4, 0.5) is 0 Å². The molecular weight excluding hydrogens is 819 g/mol. The van der Waals surface area contributed by atoms with Crippen LogP contribution in [0, 0.1) is 22.2 Å². The van der Waals surface area contributed by atoms with E-state index in [9.17, 15) is 29.4 Å². The number of Topliss-reactive ketones (excluding diaryl/α,β-unsaturated/α-hetero) is 1. The van der Waals surface area contributed by atoms with Gasteiger partial charge in [0.05, 0.1) is 48.9 Å². The van der Waals surface area contributed by atoms with Crippen molar-refractivity contribution in [2.75, 3.05) is 33.4 Å². The normalized spacial score (nSPS) is 33.8. The smallest absolute Gasteiger partial charge is 0.338 e. The van der Waals surface area contributed by atoms with Gasteiger partial charge in [0, 0.05) is 30.6 Å². The molecule has 342 valence electrons. The second-order valence-corrected chi connectivity index (χ2v) is 19.0. The maximum Gasteiger partial charge on any atom is 0.338 e. The molecule has 0 radical (unpaired) electrons. The highest BCUT2D eigenvalue weighted by Crippen LogP contribution is 2.65. The van der Waals surface area contributed by atoms with Gasteiger partial charge in [-0.1, -0.05) is 83.1 Å². The third-order valence-corrected chi connectivity index (χ3v) is 13.9. The number of aliphatic hydroxyl groups is 2. The van der Waals surface area contributed by atoms with Gasteiger partial charge in [-0.05, 0) is 42.7 Å². The van der Waals surface area contributed by atoms with Crippen molar-refractivity contribution in [2.45, 2.75) is 122 Å². The standard InChI is InChI=1S/C47H59NO15/c1-26-30(61-41(53)35(50)34(28-15-11-9-12-16-28)48-42(54)43(3,4)5)22-47(55)39(62-40(52)29-17-13-10-14-18-29)37-45(8)31(21-32-46(37,23-58-32)63-27(2)49)59-24-56-19-20-57-25-60-36(38(45)51)33(26)44(47,6)7/h9-18,30-32,34-37,39,50,55H,19-25H2,1-8H3,(H,48,54)/t30-,31-,32+,34-,35+,36+,37?,39?,45+,46-,47+/m0/s1. The number of hydrogen-bond acceptors (Lipinski definition) is 15. The summed E-state index contributed by atoms with van der Waals surface area (Å²) in [6.45, 7) is 12.3. The van der Waals surface area contributed by atoms with Gasteiger partial charge in [0.15, 0.2) is 17.5 Å². The topological polar surface area (TPSA) is 212 Å². The lowest BCUT2D eigenvalue weighted by Gasteiger charge is -2.68. The number of nitrogens with one attached hydrogen (secondary N) is 1. The first-order chi connectivity index (χ1) is 29.7. The summed E-state index contributed by atoms with van der Waals surface area (Å²) in [4.78, 5) is 71.3. The molecule has 5 aliphatic rings. The van der Waals surface area contributed by atoms with Crippen molar-refractivity contribution in [3.63, 3.8) is 0 Å². The van der Waals surface area contributed by atoms with Gasteiger partial charge in [-0.3, -0.25) is 14.4 Å². The summed E-state index contributed by atoms with van der Waals surface area (Å²) < 4.78 is 49.4. The van der Waals surface area contributed by atoms with Gasteiger partial charge in [-0.15, -0.1) is 0 Å². The Morgan fingerprint density at radius 2 is 1.49 bits per heavy atom. The van der Waals surface area contributed by atoms with Crippen molar-refractivity contribution in [3.8, 4) is 0 Å². The molecule has 3 aliphatic carbocycles. The Kier molecular flexibility index (Phi) is 12.9. The molecule has 16 heteroatoms. The number of ketones is 1. The Balaban J connectivity index is 1.42. The summed E-state index contributed by atoms with van der Waals surface area (Å²) in [6, 6.07) is 15.3. The summed E-state index contributed by atoms with van der Waals surface area (Å²) in [5, 5.41) is 28.5. The monoisotopic (exact) mass is 877 g/mol. The highest BCUT2D eigenvalue weighted by molar-refractivity contribution is 5.94. The summed E-state index contributed by atoms with van der Waals surface area (Å²) in [5.74, 6) is -5.08. The molecule has 1 amide bonds. The van der Waals surface area contributed by atoms with Gasteiger partial charge in [-0.25, -0.2) is 9.59 Å². The van der Waals surface area contributed by atoms with Crippen LogP contribution in [-0.4, -0.2) is 121 Å². The van der Waals surface area contributed by atoms with Gasteiger partial charge in [-0.2, -0.15) is 0 Å². The van der Waals surface area contributed by atoms with E-state index in [4.69, 9.17) is 37.9 Å². The molecule has 2 aromatic rings. The van der Waals surface area contributed by atoms with E-state index in [1.54, 1.807) is 97.0 Å². The molecule has 7 rings (SSSR count). The van der Waals surface area contributed by atoms with Gasteiger partial charge < -0.3 is 53.4 Å². The van der Waals surface area contributed by atoms with Gasteiger partial charge >= 0.3 is 17.9 Å². The molecule has 2 saturated carbocycles. The zero-order chi connectivity index (χ0) is 45.7. The van der Waals surface area contributed by atoms with Crippen molar-refractivity contribution < 1.29 is 72.1 Å². The van der Waals surface area contributed by atoms with Gasteiger partial charge in [0.1, 0.15) is 43.6 Å². The van der Waals surface area contributed by atoms with Crippen molar-refractivity contribution in [1.82, 2.24) is 5.32 Å². The Morgan fingerprint density at radius 1 is 0.873 bits per heavy atom. The van der Waals surface area contributed by atoms with Gasteiger partial charge in [0.25, 0.3) is 0 Å². The molecule has 4 bridgehead atoms. The molecule has 2 aliphatic heterocycles. The van der Waals surface area contributed by atoms with E-state index >= 15 is 4.79 Å². The predicted molar refractivity (Wildman–Crippen MR) is 221 cm³/mol. The fourth-order valence-corrected chi connectivity index (χ4v) is 10.3. The van der Waals surface area contributed by atoms with Crippen LogP contribution in [0.5, 0.6) is 0 Å². The quantitative estimate of drug-likeness (QED) is 0.195. The summed E-state index contributed by atoms with van der Waals surface area (Å²) in [5.41, 5.74) is -6.97. The Hall–Kier alpha value is -4.55. The summed E-state index contributed by atoms with van der Waals surface area (Å²) in [7, 11) is 0. The van der Waals surface area contributed by atoms with E-state index in [1.807, 2.05) is 0 Å². The van der Waals surface area contributed by atoms with E-state index in [-0.39, 0.29) is 51.0 Å². The van der Waals surface area contributed by atoms with E-state index in [1.165, 1.54) is 19.1 Å². The zero-order valence-corrected chi connectivity index (χ0v) is 37.0. The van der Waals surface area contributed by atoms with E-state index in [2.05, 4.69) is 5.32 Å². The minimum atomic E-state index is -2.26. The Bertz CT molecular complexity index is 2100. The average molecular weight is 878 g/mol. The number of carbonyl (C=O) groups is 5. The van der Waals surface area contributed by atoms with E-state index < -0.39 is 112 Å². The first-order valence-electron chi connectivity index (χ1n) is 21.4. The number of esters is 3. The molecule has 0 spiro atoms. The molecule has 63 heavy (non-hydrogen) atoms. The molecule has 3 N–H and O–H groups in total. The number of ether oxygens (including phenoxy) is 8. The van der Waals surface area contributed by atoms with Crippen LogP contribution in [0.25, 0.3) is 0 Å². The van der Waals surface area contributed by atoms with E-state index in [0.29, 0.717) is 11.1 Å². The SMILES string of the molecule is CC(=O)O[C@@]12CO[C@@H]1C[C@@H]1OCOCCOCO[C@H]3C(=O)[C@@]1(C)C2C(OC(=O)c1ccccc1)[C@]1(O)C[C@H](OC(=O)[C@H](O)[C@@H](NC(=O)C(C)(C)C)c2ccccc2)C(C)=C3C1(C)C. The maximum atomic E-state index is 15.9. The molecule has 2 heterocycles. The number of carbonyl (C=O) groups excluding carboxylic acids is 5. The summed E-state index contributed by atoms with van der Waals surface area (Å²) in [6.07, 6.45) is -8.78. The number of amides is 1. The molecule has 11 atom stereocenters. The fourth-order valence-electron chi connectivity index (χ4n) is 10.3. The van der Waals surface area contributed by atoms with Crippen molar-refractivity contribution in [1.29, 1.82) is 0 Å². The molecule has 4 fully saturated rings. The predicted octanol–water partition coefficient (Wildman–Crippen LogP) is 3.91. The first-order valence-corrected chi connectivity index (χ1v) is 21.4. The number of hydrogen-bond donors (Lipinski definition) is 3. The van der Waals surface area contributed by atoms with Crippen LogP contribution in [0.1, 0.15) is 90.2 Å². The summed E-state index contributed by atoms with van der Waals surface area (Å²) >= 11 is 0. The van der Waals surface area contributed by atoms with Gasteiger partial charge in [0.2, 0.25) is 5.91 Å². The maximum absolute atomic E-state index is 15.9. The third-order valence-electron chi connectivity index (χ3n) is 13.9. The lowest BCUT2D eigenvalue weighted by atomic mass is 9.44. The van der Waals surface area contributed by atoms with Crippen LogP contribution in [0.2, 0.25) is 0 Å². The zero-order valence-electron chi connectivity index (χ0n) is 37.0. The number of benzene rings is 2. The van der Waals surface area contributed by atoms with Crippen LogP contribution < -0.4 is 5.32 Å². The highest BCUT2D eigenvalue weighted by Gasteiger charge is 2.78. The van der Waals surface area contributed by atoms with Crippen LogP contribution in [0.3, 0.4) is 0 Å². The molecule has 16 nitrogen and oxygen atoms in total. The minimum Gasteiger partial charge on any atom is -0.456 e. The Morgan fingerprint density at radius 3 is 2.08 bits per heavy atom. The fraction of sp³-hybridized carbons (Fsp3) is 0.596. The highest BCUT2D eigenvalue weighted by atomic mass is 16.7. The molecule has 2 aromatic carbocycles. The second-order valence-electron chi connectivity index (χ2n) is 19.0. The van der Waals surface area contributed by atoms with E-state index in [0.717, 1.165) is 0 Å². The molecule has 2 saturated heterocycles. The largest absolute Gasteiger partial charge is 0.456 e. The molecular formula is C47H59NO15. The molecule has 0 aromatic heterocycles.